The zero-order valence-corrected chi connectivity index (χ0v) is 11.8. The van der Waals surface area contributed by atoms with Crippen molar-refractivity contribution in [3.63, 3.8) is 0 Å². The summed E-state index contributed by atoms with van der Waals surface area (Å²) in [5.41, 5.74) is 2.79. The van der Waals surface area contributed by atoms with Crippen LogP contribution in [0, 0.1) is 0 Å². The van der Waals surface area contributed by atoms with E-state index in [0.717, 1.165) is 3.39 Å². The van der Waals surface area contributed by atoms with E-state index in [9.17, 15) is 0 Å². The van der Waals surface area contributed by atoms with E-state index in [4.69, 9.17) is 0 Å². The molecule has 2 heteroatoms. The fourth-order valence-corrected chi connectivity index (χ4v) is 1.73. The highest BCUT2D eigenvalue weighted by Crippen LogP contribution is 2.24. The Hall–Kier alpha value is -0.0800. The second-order valence-electron chi connectivity index (χ2n) is 4.31. The standard InChI is InChI=1S/C12H14Br2/c1-12(2,3)10-6-4-9(5-7-10)8-11(13)14/h4-8H,1-3H3. The molecule has 0 atom stereocenters. The van der Waals surface area contributed by atoms with Crippen molar-refractivity contribution >= 4 is 37.9 Å². The molecule has 1 rings (SSSR count). The van der Waals surface area contributed by atoms with E-state index < -0.39 is 0 Å². The van der Waals surface area contributed by atoms with Gasteiger partial charge in [-0.2, -0.15) is 0 Å². The largest absolute Gasteiger partial charge is 0.0610 e. The second-order valence-corrected chi connectivity index (χ2v) is 7.08. The Bertz CT molecular complexity index is 324. The summed E-state index contributed by atoms with van der Waals surface area (Å²) >= 11 is 6.69. The lowest BCUT2D eigenvalue weighted by molar-refractivity contribution is 0.590. The SMILES string of the molecule is CC(C)(C)c1ccc(C=C(Br)Br)cc1. The quantitative estimate of drug-likeness (QED) is 0.678. The van der Waals surface area contributed by atoms with Crippen LogP contribution in [0.4, 0.5) is 0 Å². The molecule has 0 saturated heterocycles. The van der Waals surface area contributed by atoms with Gasteiger partial charge in [-0.05, 0) is 54.5 Å². The number of benzene rings is 1. The van der Waals surface area contributed by atoms with Crippen LogP contribution in [0.15, 0.2) is 27.7 Å². The molecule has 0 radical (unpaired) electrons. The molecule has 0 bridgehead atoms. The molecular weight excluding hydrogens is 304 g/mol. The lowest BCUT2D eigenvalue weighted by Gasteiger charge is -2.18. The first-order valence-electron chi connectivity index (χ1n) is 4.53. The van der Waals surface area contributed by atoms with E-state index in [1.165, 1.54) is 11.1 Å². The van der Waals surface area contributed by atoms with Gasteiger partial charge in [0.2, 0.25) is 0 Å². The Morgan fingerprint density at radius 2 is 1.57 bits per heavy atom. The first-order valence-corrected chi connectivity index (χ1v) is 6.11. The molecule has 0 saturated carbocycles. The molecule has 1 aromatic rings. The van der Waals surface area contributed by atoms with E-state index in [1.807, 2.05) is 6.08 Å². The molecule has 14 heavy (non-hydrogen) atoms. The van der Waals surface area contributed by atoms with Gasteiger partial charge < -0.3 is 0 Å². The van der Waals surface area contributed by atoms with Crippen LogP contribution in [-0.2, 0) is 5.41 Å². The lowest BCUT2D eigenvalue weighted by Crippen LogP contribution is -2.10. The Labute approximate surface area is 103 Å². The minimum atomic E-state index is 0.230. The van der Waals surface area contributed by atoms with E-state index in [1.54, 1.807) is 0 Å². The van der Waals surface area contributed by atoms with Crippen molar-refractivity contribution in [2.45, 2.75) is 26.2 Å². The third-order valence-corrected chi connectivity index (χ3v) is 2.51. The van der Waals surface area contributed by atoms with Crippen molar-refractivity contribution in [1.29, 1.82) is 0 Å². The average Bonchev–Trinajstić information content (AvgIpc) is 2.02. The molecule has 76 valence electrons. The van der Waals surface area contributed by atoms with E-state index in [0.29, 0.717) is 0 Å². The minimum absolute atomic E-state index is 0.230. The highest BCUT2D eigenvalue weighted by Gasteiger charge is 2.12. The third-order valence-electron chi connectivity index (χ3n) is 2.05. The van der Waals surface area contributed by atoms with Crippen LogP contribution in [0.2, 0.25) is 0 Å². The number of halogens is 2. The zero-order valence-electron chi connectivity index (χ0n) is 8.64. The highest BCUT2D eigenvalue weighted by atomic mass is 79.9. The summed E-state index contributed by atoms with van der Waals surface area (Å²) < 4.78 is 0.966. The van der Waals surface area contributed by atoms with Gasteiger partial charge >= 0.3 is 0 Å². The first-order chi connectivity index (χ1) is 6.39. The van der Waals surface area contributed by atoms with Crippen LogP contribution in [0.1, 0.15) is 31.9 Å². The molecule has 0 amide bonds. The molecule has 0 nitrogen and oxygen atoms in total. The summed E-state index contributed by atoms with van der Waals surface area (Å²) in [5, 5.41) is 0. The number of hydrogen-bond acceptors (Lipinski definition) is 0. The minimum Gasteiger partial charge on any atom is -0.0579 e. The van der Waals surface area contributed by atoms with Crippen molar-refractivity contribution in [2.24, 2.45) is 0 Å². The molecule has 1 aromatic carbocycles. The van der Waals surface area contributed by atoms with E-state index in [-0.39, 0.29) is 5.41 Å². The molecule has 0 aliphatic carbocycles. The predicted molar refractivity (Wildman–Crippen MR) is 71.0 cm³/mol. The molecule has 0 heterocycles. The summed E-state index contributed by atoms with van der Waals surface area (Å²) in [6.45, 7) is 6.66. The van der Waals surface area contributed by atoms with Crippen molar-refractivity contribution in [3.05, 3.63) is 38.8 Å². The molecule has 0 unspecified atom stereocenters. The Morgan fingerprint density at radius 3 is 1.93 bits per heavy atom. The van der Waals surface area contributed by atoms with Gasteiger partial charge in [-0.3, -0.25) is 0 Å². The monoisotopic (exact) mass is 316 g/mol. The van der Waals surface area contributed by atoms with Gasteiger partial charge in [0.05, 0.1) is 3.39 Å². The van der Waals surface area contributed by atoms with Crippen LogP contribution in [0.3, 0.4) is 0 Å². The summed E-state index contributed by atoms with van der Waals surface area (Å²) in [5.74, 6) is 0. The summed E-state index contributed by atoms with van der Waals surface area (Å²) in [6, 6.07) is 8.61. The number of hydrogen-bond donors (Lipinski definition) is 0. The highest BCUT2D eigenvalue weighted by molar-refractivity contribution is 9.28. The van der Waals surface area contributed by atoms with Crippen LogP contribution < -0.4 is 0 Å². The molecule has 0 N–H and O–H groups in total. The smallest absolute Gasteiger partial charge is 0.0579 e. The van der Waals surface area contributed by atoms with Gasteiger partial charge in [0.25, 0.3) is 0 Å². The Balaban J connectivity index is 2.95. The molecular formula is C12H14Br2. The van der Waals surface area contributed by atoms with Crippen LogP contribution in [0.5, 0.6) is 0 Å². The Kier molecular flexibility index (Phi) is 3.96. The van der Waals surface area contributed by atoms with Gasteiger partial charge in [-0.25, -0.2) is 0 Å². The van der Waals surface area contributed by atoms with Crippen molar-refractivity contribution in [1.82, 2.24) is 0 Å². The van der Waals surface area contributed by atoms with Crippen LogP contribution in [-0.4, -0.2) is 0 Å². The maximum Gasteiger partial charge on any atom is 0.0610 e. The molecule has 0 spiro atoms. The van der Waals surface area contributed by atoms with Gasteiger partial charge in [-0.1, -0.05) is 45.0 Å². The molecule has 0 aliphatic rings. The van der Waals surface area contributed by atoms with Crippen molar-refractivity contribution in [2.75, 3.05) is 0 Å². The van der Waals surface area contributed by atoms with E-state index in [2.05, 4.69) is 76.9 Å². The van der Waals surface area contributed by atoms with Gasteiger partial charge in [0.1, 0.15) is 0 Å². The fraction of sp³-hybridized carbons (Fsp3) is 0.333. The lowest BCUT2D eigenvalue weighted by atomic mass is 9.87. The average molecular weight is 318 g/mol. The Morgan fingerprint density at radius 1 is 1.07 bits per heavy atom. The van der Waals surface area contributed by atoms with E-state index >= 15 is 0 Å². The number of rotatable bonds is 1. The van der Waals surface area contributed by atoms with Crippen LogP contribution >= 0.6 is 31.9 Å². The fourth-order valence-electron chi connectivity index (χ4n) is 1.21. The van der Waals surface area contributed by atoms with Gasteiger partial charge in [0.15, 0.2) is 0 Å². The maximum absolute atomic E-state index is 3.35. The summed E-state index contributed by atoms with van der Waals surface area (Å²) in [6.07, 6.45) is 2.03. The zero-order chi connectivity index (χ0) is 10.8. The van der Waals surface area contributed by atoms with Gasteiger partial charge in [-0.15, -0.1) is 0 Å². The summed E-state index contributed by atoms with van der Waals surface area (Å²) in [7, 11) is 0. The predicted octanol–water partition coefficient (Wildman–Crippen LogP) is 5.07. The molecule has 0 aromatic heterocycles. The molecule has 0 fully saturated rings. The summed E-state index contributed by atoms with van der Waals surface area (Å²) in [4.78, 5) is 0. The van der Waals surface area contributed by atoms with Crippen molar-refractivity contribution in [3.8, 4) is 0 Å². The molecule has 0 aliphatic heterocycles. The normalized spacial score (nSPS) is 11.2. The van der Waals surface area contributed by atoms with Crippen molar-refractivity contribution < 1.29 is 0 Å². The van der Waals surface area contributed by atoms with Crippen LogP contribution in [0.25, 0.3) is 6.08 Å². The second kappa shape index (κ2) is 4.63. The first kappa shape index (κ1) is 12.0. The topological polar surface area (TPSA) is 0 Å². The third kappa shape index (κ3) is 3.58. The van der Waals surface area contributed by atoms with Gasteiger partial charge in [0, 0.05) is 0 Å². The maximum atomic E-state index is 3.35.